The summed E-state index contributed by atoms with van der Waals surface area (Å²) in [5.74, 6) is 0.309. The Labute approximate surface area is 102 Å². The zero-order valence-electron chi connectivity index (χ0n) is 10.3. The van der Waals surface area contributed by atoms with Crippen LogP contribution in [-0.2, 0) is 0 Å². The lowest BCUT2D eigenvalue weighted by molar-refractivity contribution is 0.105. The Hall–Kier alpha value is -0.930. The lowest BCUT2D eigenvalue weighted by atomic mass is 9.95. The number of rotatable bonds is 3. The molecule has 17 heavy (non-hydrogen) atoms. The molecule has 1 aromatic rings. The zero-order valence-corrected chi connectivity index (χ0v) is 10.3. The van der Waals surface area contributed by atoms with Gasteiger partial charge in [0.25, 0.3) is 0 Å². The Morgan fingerprint density at radius 3 is 2.59 bits per heavy atom. The summed E-state index contributed by atoms with van der Waals surface area (Å²) in [6.07, 6.45) is 2.02. The van der Waals surface area contributed by atoms with E-state index in [1.54, 1.807) is 6.07 Å². The number of aliphatic hydroxyl groups is 1. The van der Waals surface area contributed by atoms with Crippen molar-refractivity contribution in [2.24, 2.45) is 5.92 Å². The minimum absolute atomic E-state index is 0.121. The molecular formula is C14H20FNO. The van der Waals surface area contributed by atoms with Crippen LogP contribution in [0.1, 0.15) is 31.4 Å². The Morgan fingerprint density at radius 1 is 1.35 bits per heavy atom. The number of piperidine rings is 1. The second-order valence-electron chi connectivity index (χ2n) is 4.86. The molecule has 0 saturated carbocycles. The van der Waals surface area contributed by atoms with Crippen LogP contribution < -0.4 is 0 Å². The van der Waals surface area contributed by atoms with Gasteiger partial charge in [-0.05, 0) is 44.8 Å². The van der Waals surface area contributed by atoms with Crippen LogP contribution in [-0.4, -0.2) is 29.7 Å². The number of aliphatic hydroxyl groups excluding tert-OH is 1. The van der Waals surface area contributed by atoms with Gasteiger partial charge < -0.3 is 5.11 Å². The molecule has 1 heterocycles. The smallest absolute Gasteiger partial charge is 0.127 e. The molecule has 94 valence electrons. The summed E-state index contributed by atoms with van der Waals surface area (Å²) in [4.78, 5) is 2.30. The van der Waals surface area contributed by atoms with E-state index in [-0.39, 0.29) is 18.5 Å². The number of halogens is 1. The molecule has 0 spiro atoms. The van der Waals surface area contributed by atoms with Gasteiger partial charge in [-0.2, -0.15) is 0 Å². The standard InChI is InChI=1S/C14H20FNO/c1-11(13-4-2-3-5-14(13)15)16-8-6-12(10-17)7-9-16/h2-5,11-12,17H,6-10H2,1H3. The highest BCUT2D eigenvalue weighted by Crippen LogP contribution is 2.27. The van der Waals surface area contributed by atoms with Crippen molar-refractivity contribution in [2.45, 2.75) is 25.8 Å². The number of hydrogen-bond donors (Lipinski definition) is 1. The Morgan fingerprint density at radius 2 is 2.00 bits per heavy atom. The van der Waals surface area contributed by atoms with Crippen LogP contribution in [0.4, 0.5) is 4.39 Å². The molecule has 0 radical (unpaired) electrons. The van der Waals surface area contributed by atoms with Crippen molar-refractivity contribution in [1.82, 2.24) is 4.90 Å². The number of benzene rings is 1. The van der Waals surface area contributed by atoms with Gasteiger partial charge in [0.05, 0.1) is 0 Å². The normalized spacial score (nSPS) is 20.4. The van der Waals surface area contributed by atoms with Crippen molar-refractivity contribution in [1.29, 1.82) is 0 Å². The molecule has 1 atom stereocenters. The van der Waals surface area contributed by atoms with Crippen LogP contribution in [0.15, 0.2) is 24.3 Å². The zero-order chi connectivity index (χ0) is 12.3. The van der Waals surface area contributed by atoms with Crippen molar-refractivity contribution in [3.63, 3.8) is 0 Å². The van der Waals surface area contributed by atoms with Gasteiger partial charge in [-0.1, -0.05) is 18.2 Å². The number of likely N-dealkylation sites (tertiary alicyclic amines) is 1. The third-order valence-electron chi connectivity index (χ3n) is 3.81. The lowest BCUT2D eigenvalue weighted by Gasteiger charge is -2.35. The maximum Gasteiger partial charge on any atom is 0.127 e. The largest absolute Gasteiger partial charge is 0.396 e. The molecule has 1 aliphatic heterocycles. The highest BCUT2D eigenvalue weighted by Gasteiger charge is 2.24. The van der Waals surface area contributed by atoms with E-state index in [2.05, 4.69) is 11.8 Å². The summed E-state index contributed by atoms with van der Waals surface area (Å²) in [5, 5.41) is 9.10. The molecule has 2 nitrogen and oxygen atoms in total. The predicted molar refractivity (Wildman–Crippen MR) is 66.2 cm³/mol. The van der Waals surface area contributed by atoms with Gasteiger partial charge in [0, 0.05) is 18.2 Å². The molecule has 2 rings (SSSR count). The molecule has 1 unspecified atom stereocenters. The lowest BCUT2D eigenvalue weighted by Crippen LogP contribution is -2.36. The van der Waals surface area contributed by atoms with Gasteiger partial charge >= 0.3 is 0 Å². The van der Waals surface area contributed by atoms with E-state index in [1.807, 2.05) is 12.1 Å². The third-order valence-corrected chi connectivity index (χ3v) is 3.81. The topological polar surface area (TPSA) is 23.5 Å². The van der Waals surface area contributed by atoms with Gasteiger partial charge in [-0.3, -0.25) is 4.90 Å². The third kappa shape index (κ3) is 2.85. The Balaban J connectivity index is 2.02. The highest BCUT2D eigenvalue weighted by molar-refractivity contribution is 5.20. The summed E-state index contributed by atoms with van der Waals surface area (Å²) in [7, 11) is 0. The monoisotopic (exact) mass is 237 g/mol. The van der Waals surface area contributed by atoms with E-state index in [1.165, 1.54) is 6.07 Å². The van der Waals surface area contributed by atoms with E-state index in [4.69, 9.17) is 5.11 Å². The number of nitrogens with zero attached hydrogens (tertiary/aromatic N) is 1. The predicted octanol–water partition coefficient (Wildman–Crippen LogP) is 2.59. The fraction of sp³-hybridized carbons (Fsp3) is 0.571. The fourth-order valence-corrected chi connectivity index (χ4v) is 2.53. The second-order valence-corrected chi connectivity index (χ2v) is 4.86. The second kappa shape index (κ2) is 5.61. The van der Waals surface area contributed by atoms with Crippen molar-refractivity contribution in [2.75, 3.05) is 19.7 Å². The van der Waals surface area contributed by atoms with E-state index in [0.29, 0.717) is 5.92 Å². The maximum absolute atomic E-state index is 13.7. The molecule has 0 bridgehead atoms. The first-order chi connectivity index (χ1) is 8.22. The summed E-state index contributed by atoms with van der Waals surface area (Å²) in [5.41, 5.74) is 0.773. The summed E-state index contributed by atoms with van der Waals surface area (Å²) in [6, 6.07) is 7.11. The first kappa shape index (κ1) is 12.5. The molecule has 1 saturated heterocycles. The first-order valence-corrected chi connectivity index (χ1v) is 6.31. The van der Waals surface area contributed by atoms with E-state index in [0.717, 1.165) is 31.5 Å². The first-order valence-electron chi connectivity index (χ1n) is 6.31. The quantitative estimate of drug-likeness (QED) is 0.873. The van der Waals surface area contributed by atoms with Gasteiger partial charge in [-0.15, -0.1) is 0 Å². The average molecular weight is 237 g/mol. The van der Waals surface area contributed by atoms with E-state index >= 15 is 0 Å². The minimum Gasteiger partial charge on any atom is -0.396 e. The van der Waals surface area contributed by atoms with Gasteiger partial charge in [-0.25, -0.2) is 4.39 Å². The fourth-order valence-electron chi connectivity index (χ4n) is 2.53. The van der Waals surface area contributed by atoms with E-state index < -0.39 is 0 Å². The molecule has 0 aromatic heterocycles. The van der Waals surface area contributed by atoms with E-state index in [9.17, 15) is 4.39 Å². The molecule has 3 heteroatoms. The number of hydrogen-bond acceptors (Lipinski definition) is 2. The highest BCUT2D eigenvalue weighted by atomic mass is 19.1. The van der Waals surface area contributed by atoms with Crippen LogP contribution >= 0.6 is 0 Å². The van der Waals surface area contributed by atoms with Crippen molar-refractivity contribution in [3.8, 4) is 0 Å². The van der Waals surface area contributed by atoms with Crippen molar-refractivity contribution >= 4 is 0 Å². The van der Waals surface area contributed by atoms with Crippen LogP contribution in [0.2, 0.25) is 0 Å². The van der Waals surface area contributed by atoms with Crippen LogP contribution in [0.25, 0.3) is 0 Å². The molecule has 0 aliphatic carbocycles. The molecule has 1 aromatic carbocycles. The molecule has 1 N–H and O–H groups in total. The van der Waals surface area contributed by atoms with Crippen LogP contribution in [0.3, 0.4) is 0 Å². The Kier molecular flexibility index (Phi) is 4.13. The van der Waals surface area contributed by atoms with Crippen molar-refractivity contribution < 1.29 is 9.50 Å². The molecule has 1 fully saturated rings. The van der Waals surface area contributed by atoms with Crippen molar-refractivity contribution in [3.05, 3.63) is 35.6 Å². The maximum atomic E-state index is 13.7. The summed E-state index contributed by atoms with van der Waals surface area (Å²) in [6.45, 7) is 4.22. The van der Waals surface area contributed by atoms with Gasteiger partial charge in [0.1, 0.15) is 5.82 Å². The van der Waals surface area contributed by atoms with Gasteiger partial charge in [0.15, 0.2) is 0 Å². The molecule has 1 aliphatic rings. The molecule has 0 amide bonds. The summed E-state index contributed by atoms with van der Waals surface area (Å²) >= 11 is 0. The minimum atomic E-state index is -0.121. The Bertz CT molecular complexity index is 361. The summed E-state index contributed by atoms with van der Waals surface area (Å²) < 4.78 is 13.7. The van der Waals surface area contributed by atoms with Crippen LogP contribution in [0.5, 0.6) is 0 Å². The van der Waals surface area contributed by atoms with Crippen LogP contribution in [0, 0.1) is 11.7 Å². The molecular weight excluding hydrogens is 217 g/mol. The van der Waals surface area contributed by atoms with Gasteiger partial charge in [0.2, 0.25) is 0 Å². The SMILES string of the molecule is CC(c1ccccc1F)N1CCC(CO)CC1. The average Bonchev–Trinajstić information content (AvgIpc) is 2.39.